The number of methoxy groups -OCH3 is 1. The molecular weight excluding hydrogens is 545 g/mol. The number of ether oxygens (including phenoxy) is 2. The lowest BCUT2D eigenvalue weighted by molar-refractivity contribution is -0.144. The van der Waals surface area contributed by atoms with Crippen LogP contribution in [0, 0.1) is 0 Å². The predicted molar refractivity (Wildman–Crippen MR) is 154 cm³/mol. The van der Waals surface area contributed by atoms with Crippen molar-refractivity contribution in [3.8, 4) is 23.1 Å². The number of amides is 1. The zero-order valence-corrected chi connectivity index (χ0v) is 23.7. The van der Waals surface area contributed by atoms with E-state index in [1.807, 2.05) is 12.1 Å². The fourth-order valence-corrected chi connectivity index (χ4v) is 5.10. The van der Waals surface area contributed by atoms with Crippen molar-refractivity contribution < 1.29 is 28.7 Å². The maximum absolute atomic E-state index is 13.3. The second-order valence-electron chi connectivity index (χ2n) is 8.89. The Bertz CT molecular complexity index is 1520. The number of benzene rings is 2. The fraction of sp³-hybridized carbons (Fsp3) is 0.207. The predicted octanol–water partition coefficient (Wildman–Crippen LogP) is 3.41. The van der Waals surface area contributed by atoms with Gasteiger partial charge in [-0.2, -0.15) is 4.98 Å². The van der Waals surface area contributed by atoms with E-state index in [0.717, 1.165) is 5.56 Å². The van der Waals surface area contributed by atoms with E-state index in [-0.39, 0.29) is 18.0 Å². The van der Waals surface area contributed by atoms with Gasteiger partial charge in [0.1, 0.15) is 23.0 Å². The highest BCUT2D eigenvalue weighted by molar-refractivity contribution is 7.51. The average Bonchev–Trinajstić information content (AvgIpc) is 3.00. The number of esters is 1. The fourth-order valence-electron chi connectivity index (χ4n) is 3.95. The molecule has 0 spiro atoms. The van der Waals surface area contributed by atoms with Crippen LogP contribution >= 0.6 is 7.95 Å². The van der Waals surface area contributed by atoms with E-state index in [4.69, 9.17) is 9.47 Å². The quantitative estimate of drug-likeness (QED) is 0.179. The van der Waals surface area contributed by atoms with Gasteiger partial charge in [0.25, 0.3) is 5.91 Å². The van der Waals surface area contributed by atoms with Gasteiger partial charge in [-0.15, -0.1) is 0 Å². The summed E-state index contributed by atoms with van der Waals surface area (Å²) in [5.41, 5.74) is 1.77. The molecule has 212 valence electrons. The van der Waals surface area contributed by atoms with Crippen molar-refractivity contribution in [3.63, 3.8) is 0 Å². The van der Waals surface area contributed by atoms with Crippen LogP contribution in [-0.4, -0.2) is 51.7 Å². The zero-order chi connectivity index (χ0) is 29.4. The van der Waals surface area contributed by atoms with Crippen molar-refractivity contribution >= 4 is 25.1 Å². The first-order chi connectivity index (χ1) is 19.8. The minimum atomic E-state index is -2.50. The van der Waals surface area contributed by atoms with E-state index < -0.39 is 37.8 Å². The minimum absolute atomic E-state index is 0.109. The Morgan fingerprint density at radius 3 is 2.27 bits per heavy atom. The molecule has 0 aliphatic rings. The van der Waals surface area contributed by atoms with Crippen molar-refractivity contribution in [2.45, 2.75) is 25.9 Å². The molecule has 0 aliphatic carbocycles. The van der Waals surface area contributed by atoms with Crippen molar-refractivity contribution in [2.75, 3.05) is 13.7 Å². The number of carbonyl (C=O) groups is 2. The van der Waals surface area contributed by atoms with Crippen LogP contribution in [0.25, 0.3) is 11.5 Å². The summed E-state index contributed by atoms with van der Waals surface area (Å²) in [4.78, 5) is 37.6. The summed E-state index contributed by atoms with van der Waals surface area (Å²) in [5.74, 6) is -0.736. The van der Waals surface area contributed by atoms with Gasteiger partial charge >= 0.3 is 5.97 Å². The third-order valence-electron chi connectivity index (χ3n) is 6.13. The van der Waals surface area contributed by atoms with Crippen LogP contribution in [0.15, 0.2) is 79.1 Å². The molecule has 0 radical (unpaired) electrons. The van der Waals surface area contributed by atoms with Gasteiger partial charge in [0.15, 0.2) is 13.8 Å². The molecule has 0 fully saturated rings. The summed E-state index contributed by atoms with van der Waals surface area (Å²) in [5, 5.41) is 16.8. The molecule has 4 rings (SSSR count). The van der Waals surface area contributed by atoms with Crippen LogP contribution in [0.2, 0.25) is 0 Å². The number of hydrogen-bond donors (Lipinski definition) is 3. The van der Waals surface area contributed by atoms with Gasteiger partial charge in [0.05, 0.1) is 19.8 Å². The van der Waals surface area contributed by atoms with Gasteiger partial charge < -0.3 is 24.5 Å². The van der Waals surface area contributed by atoms with Gasteiger partial charge in [-0.05, 0) is 49.2 Å². The third kappa shape index (κ3) is 7.33. The van der Waals surface area contributed by atoms with Crippen LogP contribution in [0.3, 0.4) is 0 Å². The molecule has 2 unspecified atom stereocenters. The molecule has 2 heterocycles. The van der Waals surface area contributed by atoms with Crippen LogP contribution in [0.4, 0.5) is 0 Å². The van der Waals surface area contributed by atoms with E-state index in [2.05, 4.69) is 25.4 Å². The highest BCUT2D eigenvalue weighted by Crippen LogP contribution is 2.27. The van der Waals surface area contributed by atoms with Crippen molar-refractivity contribution in [1.29, 1.82) is 0 Å². The lowest BCUT2D eigenvalue weighted by Crippen LogP contribution is -2.32. The Morgan fingerprint density at radius 1 is 1.00 bits per heavy atom. The Hall–Kier alpha value is -4.60. The van der Waals surface area contributed by atoms with Crippen LogP contribution < -0.4 is 20.4 Å². The van der Waals surface area contributed by atoms with Crippen molar-refractivity contribution in [1.82, 2.24) is 25.4 Å². The number of nitrogens with one attached hydrogen (secondary N) is 2. The molecule has 0 saturated heterocycles. The normalized spacial score (nSPS) is 13.0. The summed E-state index contributed by atoms with van der Waals surface area (Å²) in [6.07, 6.45) is 2.83. The Labute approximate surface area is 237 Å². The molecule has 12 heteroatoms. The molecular formula is C29H30N5O6P. The first-order valence-electron chi connectivity index (χ1n) is 12.8. The number of rotatable bonds is 11. The number of nitrogens with zero attached hydrogens (tertiary/aromatic N) is 3. The summed E-state index contributed by atoms with van der Waals surface area (Å²) in [6, 6.07) is 17.8. The molecule has 0 bridgehead atoms. The Balaban J connectivity index is 1.58. The van der Waals surface area contributed by atoms with Gasteiger partial charge in [-0.1, -0.05) is 42.5 Å². The smallest absolute Gasteiger partial charge is 0.323 e. The number of hydrogen-bond acceptors (Lipinski definition) is 9. The van der Waals surface area contributed by atoms with Gasteiger partial charge in [0, 0.05) is 17.7 Å². The maximum atomic E-state index is 13.3. The van der Waals surface area contributed by atoms with Gasteiger partial charge in [-0.25, -0.2) is 4.98 Å². The first kappa shape index (κ1) is 29.4. The van der Waals surface area contributed by atoms with Crippen LogP contribution in [-0.2, 0) is 14.1 Å². The summed E-state index contributed by atoms with van der Waals surface area (Å²) in [6.45, 7) is 3.53. The number of pyridine rings is 1. The molecule has 0 aliphatic heterocycles. The van der Waals surface area contributed by atoms with E-state index in [1.165, 1.54) is 6.20 Å². The zero-order valence-electron chi connectivity index (χ0n) is 22.7. The third-order valence-corrected chi connectivity index (χ3v) is 7.68. The lowest BCUT2D eigenvalue weighted by atomic mass is 9.98. The Morgan fingerprint density at radius 2 is 1.68 bits per heavy atom. The van der Waals surface area contributed by atoms with Crippen LogP contribution in [0.5, 0.6) is 11.6 Å². The average molecular weight is 576 g/mol. The molecule has 2 aromatic carbocycles. The topological polar surface area (TPSA) is 153 Å². The molecule has 2 aromatic heterocycles. The first-order valence-corrected chi connectivity index (χ1v) is 14.2. The number of carbonyl (C=O) groups excluding carboxylic acids is 2. The summed E-state index contributed by atoms with van der Waals surface area (Å²) < 4.78 is 23.1. The molecule has 3 atom stereocenters. The van der Waals surface area contributed by atoms with Gasteiger partial charge in [0.2, 0.25) is 5.88 Å². The van der Waals surface area contributed by atoms with E-state index in [9.17, 15) is 19.3 Å². The number of aromatic nitrogens is 3. The number of aromatic hydroxyl groups is 1. The molecule has 1 amide bonds. The highest BCUT2D eigenvalue weighted by atomic mass is 31.1. The SMILES string of the molecule is CCOC(=O)[C@H](C)N[PH](=O)c1ccc(C(NC(=O)c2cnc(-c3ccccn3)nc2O)c2ccc(OC)cc2)cc1. The summed E-state index contributed by atoms with van der Waals surface area (Å²) >= 11 is 0. The Kier molecular flexibility index (Phi) is 9.78. The van der Waals surface area contributed by atoms with E-state index >= 15 is 0 Å². The monoisotopic (exact) mass is 575 g/mol. The molecule has 0 saturated carbocycles. The minimum Gasteiger partial charge on any atom is -0.497 e. The second-order valence-corrected chi connectivity index (χ2v) is 10.4. The molecule has 41 heavy (non-hydrogen) atoms. The van der Waals surface area contributed by atoms with E-state index in [0.29, 0.717) is 22.3 Å². The van der Waals surface area contributed by atoms with Crippen molar-refractivity contribution in [3.05, 3.63) is 95.8 Å². The standard InChI is InChI=1S/C29H30N5O6P/c1-4-40-29(37)18(2)34-41(38)22-14-10-20(11-15-22)25(19-8-12-21(39-3)13-9-19)32-27(35)23-17-31-26(33-28(23)36)24-7-5-6-16-30-24/h5-18,25,41H,4H2,1-3H3,(H,32,35)(H,34,38)(H,31,33,36)/t18-,25?/m0/s1. The van der Waals surface area contributed by atoms with E-state index in [1.54, 1.807) is 81.8 Å². The molecule has 3 N–H and O–H groups in total. The van der Waals surface area contributed by atoms with Crippen molar-refractivity contribution in [2.24, 2.45) is 0 Å². The maximum Gasteiger partial charge on any atom is 0.323 e. The van der Waals surface area contributed by atoms with Crippen LogP contribution in [0.1, 0.15) is 41.4 Å². The largest absolute Gasteiger partial charge is 0.497 e. The summed E-state index contributed by atoms with van der Waals surface area (Å²) in [7, 11) is -0.942. The molecule has 11 nitrogen and oxygen atoms in total. The lowest BCUT2D eigenvalue weighted by Gasteiger charge is -2.21. The van der Waals surface area contributed by atoms with Gasteiger partial charge in [-0.3, -0.25) is 19.7 Å². The highest BCUT2D eigenvalue weighted by Gasteiger charge is 2.23. The second kappa shape index (κ2) is 13.6. The molecule has 4 aromatic rings.